The van der Waals surface area contributed by atoms with E-state index in [1.54, 1.807) is 18.2 Å². The molecule has 0 atom stereocenters. The van der Waals surface area contributed by atoms with Crippen molar-refractivity contribution in [2.45, 2.75) is 18.4 Å². The molecule has 1 aliphatic heterocycles. The molecule has 0 spiro atoms. The third-order valence-electron chi connectivity index (χ3n) is 3.92. The van der Waals surface area contributed by atoms with Gasteiger partial charge in [-0.2, -0.15) is 4.31 Å². The number of aryl methyl sites for hydroxylation is 1. The number of nitrogens with two attached hydrogens (primary N) is 1. The van der Waals surface area contributed by atoms with E-state index in [1.807, 2.05) is 6.92 Å². The summed E-state index contributed by atoms with van der Waals surface area (Å²) in [5.74, 6) is 0. The van der Waals surface area contributed by atoms with E-state index < -0.39 is 10.0 Å². The minimum atomic E-state index is -3.44. The van der Waals surface area contributed by atoms with Crippen molar-refractivity contribution in [2.75, 3.05) is 39.3 Å². The lowest BCUT2D eigenvalue weighted by Crippen LogP contribution is -2.49. The highest BCUT2D eigenvalue weighted by Crippen LogP contribution is 2.20. The van der Waals surface area contributed by atoms with Crippen LogP contribution in [0.1, 0.15) is 11.1 Å². The van der Waals surface area contributed by atoms with E-state index in [-0.39, 0.29) is 6.61 Å². The Morgan fingerprint density at radius 2 is 1.90 bits per heavy atom. The van der Waals surface area contributed by atoms with Crippen LogP contribution in [0.15, 0.2) is 23.1 Å². The summed E-state index contributed by atoms with van der Waals surface area (Å²) >= 11 is 0. The highest BCUT2D eigenvalue weighted by atomic mass is 32.2. The van der Waals surface area contributed by atoms with Crippen LogP contribution in [-0.2, 0) is 16.6 Å². The Morgan fingerprint density at radius 3 is 2.43 bits per heavy atom. The van der Waals surface area contributed by atoms with Gasteiger partial charge < -0.3 is 10.8 Å². The molecule has 6 nitrogen and oxygen atoms in total. The van der Waals surface area contributed by atoms with Crippen LogP contribution in [-0.4, -0.2) is 62.1 Å². The highest BCUT2D eigenvalue weighted by molar-refractivity contribution is 7.89. The lowest BCUT2D eigenvalue weighted by molar-refractivity contribution is 0.151. The molecule has 1 saturated heterocycles. The van der Waals surface area contributed by atoms with Gasteiger partial charge in [0.2, 0.25) is 10.0 Å². The van der Waals surface area contributed by atoms with Gasteiger partial charge in [-0.1, -0.05) is 6.07 Å². The van der Waals surface area contributed by atoms with Crippen LogP contribution in [0.2, 0.25) is 0 Å². The Kier molecular flexibility index (Phi) is 5.34. The van der Waals surface area contributed by atoms with Crippen molar-refractivity contribution in [1.29, 1.82) is 0 Å². The van der Waals surface area contributed by atoms with Gasteiger partial charge in [-0.3, -0.25) is 4.90 Å². The largest absolute Gasteiger partial charge is 0.395 e. The van der Waals surface area contributed by atoms with Crippen LogP contribution >= 0.6 is 0 Å². The van der Waals surface area contributed by atoms with Crippen molar-refractivity contribution in [2.24, 2.45) is 5.73 Å². The molecule has 1 aromatic rings. The molecule has 1 aromatic carbocycles. The van der Waals surface area contributed by atoms with E-state index in [2.05, 4.69) is 4.90 Å². The van der Waals surface area contributed by atoms with Crippen molar-refractivity contribution in [3.63, 3.8) is 0 Å². The zero-order valence-corrected chi connectivity index (χ0v) is 13.1. The maximum absolute atomic E-state index is 12.6. The maximum Gasteiger partial charge on any atom is 0.243 e. The van der Waals surface area contributed by atoms with Crippen molar-refractivity contribution in [3.05, 3.63) is 29.3 Å². The van der Waals surface area contributed by atoms with Gasteiger partial charge in [0.25, 0.3) is 0 Å². The summed E-state index contributed by atoms with van der Waals surface area (Å²) in [6.07, 6.45) is 0. The van der Waals surface area contributed by atoms with Gasteiger partial charge in [0, 0.05) is 39.3 Å². The number of hydrogen-bond acceptors (Lipinski definition) is 5. The molecule has 3 N–H and O–H groups in total. The van der Waals surface area contributed by atoms with E-state index in [9.17, 15) is 8.42 Å². The third kappa shape index (κ3) is 3.61. The fourth-order valence-corrected chi connectivity index (χ4v) is 4.05. The quantitative estimate of drug-likeness (QED) is 0.783. The molecule has 1 aliphatic rings. The van der Waals surface area contributed by atoms with E-state index in [0.717, 1.165) is 11.1 Å². The predicted octanol–water partition coefficient (Wildman–Crippen LogP) is -0.248. The second kappa shape index (κ2) is 6.85. The number of aliphatic hydroxyl groups excluding tert-OH is 1. The summed E-state index contributed by atoms with van der Waals surface area (Å²) < 4.78 is 26.8. The molecule has 1 heterocycles. The molecular weight excluding hydrogens is 290 g/mol. The molecule has 0 amide bonds. The summed E-state index contributed by atoms with van der Waals surface area (Å²) in [6, 6.07) is 5.10. The zero-order chi connectivity index (χ0) is 15.5. The monoisotopic (exact) mass is 313 g/mol. The zero-order valence-electron chi connectivity index (χ0n) is 12.3. The number of β-amino-alcohol motifs (C(OH)–C–C–N with tert-alkyl or cyclic N) is 1. The minimum Gasteiger partial charge on any atom is -0.395 e. The summed E-state index contributed by atoms with van der Waals surface area (Å²) in [5.41, 5.74) is 7.47. The Morgan fingerprint density at radius 1 is 1.24 bits per heavy atom. The van der Waals surface area contributed by atoms with Gasteiger partial charge in [0.1, 0.15) is 0 Å². The summed E-state index contributed by atoms with van der Waals surface area (Å²) in [4.78, 5) is 2.39. The summed E-state index contributed by atoms with van der Waals surface area (Å²) in [5, 5.41) is 8.92. The molecule has 0 unspecified atom stereocenters. The Hall–Kier alpha value is -0.990. The minimum absolute atomic E-state index is 0.104. The van der Waals surface area contributed by atoms with Crippen molar-refractivity contribution < 1.29 is 13.5 Å². The predicted molar refractivity (Wildman–Crippen MR) is 81.4 cm³/mol. The number of benzene rings is 1. The lowest BCUT2D eigenvalue weighted by Gasteiger charge is -2.33. The van der Waals surface area contributed by atoms with Crippen LogP contribution in [0, 0.1) is 6.92 Å². The fraction of sp³-hybridized carbons (Fsp3) is 0.571. The second-order valence-electron chi connectivity index (χ2n) is 5.26. The Balaban J connectivity index is 2.14. The van der Waals surface area contributed by atoms with E-state index >= 15 is 0 Å². The SMILES string of the molecule is Cc1cc(S(=O)(=O)N2CCN(CCO)CC2)ccc1CN. The van der Waals surface area contributed by atoms with Gasteiger partial charge >= 0.3 is 0 Å². The average molecular weight is 313 g/mol. The first-order valence-corrected chi connectivity index (χ1v) is 8.56. The molecule has 118 valence electrons. The number of sulfonamides is 1. The molecule has 0 aromatic heterocycles. The standard InChI is InChI=1S/C14H23N3O3S/c1-12-10-14(3-2-13(12)11-15)21(19,20)17-6-4-16(5-7-17)8-9-18/h2-3,10,18H,4-9,11,15H2,1H3. The van der Waals surface area contributed by atoms with Crippen LogP contribution in [0.25, 0.3) is 0 Å². The first kappa shape index (κ1) is 16.4. The molecule has 2 rings (SSSR count). The fourth-order valence-electron chi connectivity index (χ4n) is 2.54. The summed E-state index contributed by atoms with van der Waals surface area (Å²) in [6.45, 7) is 5.20. The van der Waals surface area contributed by atoms with Gasteiger partial charge in [0.15, 0.2) is 0 Å². The van der Waals surface area contributed by atoms with Gasteiger partial charge in [-0.15, -0.1) is 0 Å². The third-order valence-corrected chi connectivity index (χ3v) is 5.81. The van der Waals surface area contributed by atoms with Gasteiger partial charge in [-0.25, -0.2) is 8.42 Å². The van der Waals surface area contributed by atoms with E-state index in [0.29, 0.717) is 44.2 Å². The molecule has 0 radical (unpaired) electrons. The van der Waals surface area contributed by atoms with Crippen molar-refractivity contribution >= 4 is 10.0 Å². The molecule has 7 heteroatoms. The van der Waals surface area contributed by atoms with Crippen LogP contribution in [0.5, 0.6) is 0 Å². The molecular formula is C14H23N3O3S. The van der Waals surface area contributed by atoms with Gasteiger partial charge in [-0.05, 0) is 30.2 Å². The van der Waals surface area contributed by atoms with E-state index in [1.165, 1.54) is 4.31 Å². The number of hydrogen-bond donors (Lipinski definition) is 2. The Bertz CT molecular complexity index is 581. The van der Waals surface area contributed by atoms with E-state index in [4.69, 9.17) is 10.8 Å². The van der Waals surface area contributed by atoms with Crippen LogP contribution < -0.4 is 5.73 Å². The van der Waals surface area contributed by atoms with Gasteiger partial charge in [0.05, 0.1) is 11.5 Å². The highest BCUT2D eigenvalue weighted by Gasteiger charge is 2.28. The molecule has 1 fully saturated rings. The Labute approximate surface area is 126 Å². The van der Waals surface area contributed by atoms with Crippen LogP contribution in [0.4, 0.5) is 0 Å². The molecule has 21 heavy (non-hydrogen) atoms. The smallest absolute Gasteiger partial charge is 0.243 e. The first-order valence-electron chi connectivity index (χ1n) is 7.12. The van der Waals surface area contributed by atoms with Crippen LogP contribution in [0.3, 0.4) is 0 Å². The number of nitrogens with zero attached hydrogens (tertiary/aromatic N) is 2. The molecule has 0 aliphatic carbocycles. The summed E-state index contributed by atoms with van der Waals surface area (Å²) in [7, 11) is -3.44. The first-order chi connectivity index (χ1) is 9.98. The number of aliphatic hydroxyl groups is 1. The number of piperazine rings is 1. The van der Waals surface area contributed by atoms with Crippen molar-refractivity contribution in [3.8, 4) is 0 Å². The second-order valence-corrected chi connectivity index (χ2v) is 7.20. The van der Waals surface area contributed by atoms with Crippen molar-refractivity contribution in [1.82, 2.24) is 9.21 Å². The average Bonchev–Trinajstić information content (AvgIpc) is 2.48. The maximum atomic E-state index is 12.6. The normalized spacial score (nSPS) is 18.0. The topological polar surface area (TPSA) is 86.9 Å². The number of rotatable bonds is 5. The molecule has 0 saturated carbocycles. The lowest BCUT2D eigenvalue weighted by atomic mass is 10.1. The molecule has 0 bridgehead atoms.